The van der Waals surface area contributed by atoms with E-state index in [1.54, 1.807) is 0 Å². The monoisotopic (exact) mass is 311 g/mol. The standard InChI is InChI=1S/C18H35NO.C2H6/c1-5-18(2,3)14-6-10-16(11-7-14)20-17-12-8-15(19-4)9-13-17;1-2/h14-17,19H,5-13H2,1-4H3;1-2H3. The zero-order valence-corrected chi connectivity index (χ0v) is 16.1. The molecule has 0 amide bonds. The topological polar surface area (TPSA) is 21.3 Å². The van der Waals surface area contributed by atoms with Crippen LogP contribution in [-0.2, 0) is 4.74 Å². The van der Waals surface area contributed by atoms with E-state index in [1.165, 1.54) is 57.8 Å². The van der Waals surface area contributed by atoms with E-state index in [0.717, 1.165) is 12.0 Å². The molecule has 2 aliphatic carbocycles. The Morgan fingerprint density at radius 1 is 0.864 bits per heavy atom. The summed E-state index contributed by atoms with van der Waals surface area (Å²) in [6.07, 6.45) is 12.8. The molecule has 2 rings (SSSR count). The van der Waals surface area contributed by atoms with Gasteiger partial charge in [-0.3, -0.25) is 0 Å². The predicted octanol–water partition coefficient (Wildman–Crippen LogP) is 5.55. The van der Waals surface area contributed by atoms with E-state index in [4.69, 9.17) is 4.74 Å². The van der Waals surface area contributed by atoms with Crippen molar-refractivity contribution in [3.63, 3.8) is 0 Å². The highest BCUT2D eigenvalue weighted by Gasteiger charge is 2.33. The van der Waals surface area contributed by atoms with Crippen LogP contribution in [0.2, 0.25) is 0 Å². The molecule has 0 aromatic heterocycles. The molecule has 2 heteroatoms. The van der Waals surface area contributed by atoms with Crippen LogP contribution in [0.15, 0.2) is 0 Å². The Balaban J connectivity index is 0.00000116. The van der Waals surface area contributed by atoms with Crippen LogP contribution in [0.4, 0.5) is 0 Å². The van der Waals surface area contributed by atoms with Crippen molar-refractivity contribution in [3.8, 4) is 0 Å². The van der Waals surface area contributed by atoms with Gasteiger partial charge in [-0.25, -0.2) is 0 Å². The molecule has 1 N–H and O–H groups in total. The smallest absolute Gasteiger partial charge is 0.0580 e. The Morgan fingerprint density at radius 3 is 1.73 bits per heavy atom. The van der Waals surface area contributed by atoms with Crippen LogP contribution in [-0.4, -0.2) is 25.3 Å². The van der Waals surface area contributed by atoms with Crippen molar-refractivity contribution in [2.75, 3.05) is 7.05 Å². The summed E-state index contributed by atoms with van der Waals surface area (Å²) in [4.78, 5) is 0. The first-order valence-electron chi connectivity index (χ1n) is 9.88. The van der Waals surface area contributed by atoms with Gasteiger partial charge in [-0.15, -0.1) is 0 Å². The maximum atomic E-state index is 6.39. The highest BCUT2D eigenvalue weighted by atomic mass is 16.5. The molecule has 2 aliphatic rings. The second-order valence-electron chi connectivity index (χ2n) is 7.71. The molecular formula is C20H41NO. The van der Waals surface area contributed by atoms with E-state index in [-0.39, 0.29) is 0 Å². The van der Waals surface area contributed by atoms with Crippen molar-refractivity contribution in [2.24, 2.45) is 11.3 Å². The molecule has 0 heterocycles. The van der Waals surface area contributed by atoms with E-state index in [0.29, 0.717) is 17.6 Å². The molecule has 0 aromatic rings. The van der Waals surface area contributed by atoms with Gasteiger partial charge in [0.25, 0.3) is 0 Å². The lowest BCUT2D eigenvalue weighted by Crippen LogP contribution is -2.36. The summed E-state index contributed by atoms with van der Waals surface area (Å²) in [6.45, 7) is 11.2. The Kier molecular flexibility index (Phi) is 9.01. The van der Waals surface area contributed by atoms with Crippen LogP contribution in [0, 0.1) is 11.3 Å². The number of hydrogen-bond acceptors (Lipinski definition) is 2. The zero-order valence-electron chi connectivity index (χ0n) is 16.1. The molecule has 0 unspecified atom stereocenters. The van der Waals surface area contributed by atoms with Crippen molar-refractivity contribution >= 4 is 0 Å². The van der Waals surface area contributed by atoms with Crippen molar-refractivity contribution < 1.29 is 4.74 Å². The maximum Gasteiger partial charge on any atom is 0.0580 e. The van der Waals surface area contributed by atoms with Crippen LogP contribution in [0.1, 0.15) is 92.4 Å². The Labute approximate surface area is 139 Å². The van der Waals surface area contributed by atoms with Gasteiger partial charge in [-0.1, -0.05) is 41.0 Å². The summed E-state index contributed by atoms with van der Waals surface area (Å²) >= 11 is 0. The van der Waals surface area contributed by atoms with Crippen molar-refractivity contribution in [1.29, 1.82) is 0 Å². The average molecular weight is 312 g/mol. The van der Waals surface area contributed by atoms with E-state index >= 15 is 0 Å². The summed E-state index contributed by atoms with van der Waals surface area (Å²) < 4.78 is 6.39. The van der Waals surface area contributed by atoms with Crippen molar-refractivity contribution in [1.82, 2.24) is 5.32 Å². The summed E-state index contributed by atoms with van der Waals surface area (Å²) in [6, 6.07) is 0.732. The molecule has 132 valence electrons. The van der Waals surface area contributed by atoms with Gasteiger partial charge in [0, 0.05) is 6.04 Å². The Bertz CT molecular complexity index is 273. The molecule has 0 atom stereocenters. The zero-order chi connectivity index (χ0) is 16.6. The van der Waals surface area contributed by atoms with Gasteiger partial charge in [0.1, 0.15) is 0 Å². The minimum absolute atomic E-state index is 0.524. The maximum absolute atomic E-state index is 6.39. The van der Waals surface area contributed by atoms with E-state index < -0.39 is 0 Å². The number of hydrogen-bond donors (Lipinski definition) is 1. The number of ether oxygens (including phenoxy) is 1. The van der Waals surface area contributed by atoms with Gasteiger partial charge in [-0.05, 0) is 69.7 Å². The van der Waals surface area contributed by atoms with Crippen molar-refractivity contribution in [3.05, 3.63) is 0 Å². The minimum Gasteiger partial charge on any atom is -0.375 e. The molecule has 0 saturated heterocycles. The normalized spacial score (nSPS) is 33.0. The lowest BCUT2D eigenvalue weighted by Gasteiger charge is -2.40. The second kappa shape index (κ2) is 9.93. The molecule has 2 saturated carbocycles. The molecular weight excluding hydrogens is 270 g/mol. The first kappa shape index (κ1) is 20.0. The third-order valence-corrected chi connectivity index (χ3v) is 6.16. The summed E-state index contributed by atoms with van der Waals surface area (Å²) in [5.41, 5.74) is 0.524. The highest BCUT2D eigenvalue weighted by Crippen LogP contribution is 2.41. The highest BCUT2D eigenvalue weighted by molar-refractivity contribution is 4.84. The molecule has 2 fully saturated rings. The minimum atomic E-state index is 0.524. The number of rotatable bonds is 5. The number of nitrogens with one attached hydrogen (secondary N) is 1. The van der Waals surface area contributed by atoms with Gasteiger partial charge in [0.05, 0.1) is 12.2 Å². The first-order chi connectivity index (χ1) is 10.5. The fourth-order valence-corrected chi connectivity index (χ4v) is 4.03. The van der Waals surface area contributed by atoms with E-state index in [9.17, 15) is 0 Å². The van der Waals surface area contributed by atoms with Crippen LogP contribution < -0.4 is 5.32 Å². The van der Waals surface area contributed by atoms with Gasteiger partial charge < -0.3 is 10.1 Å². The molecule has 22 heavy (non-hydrogen) atoms. The Morgan fingerprint density at radius 2 is 1.32 bits per heavy atom. The quantitative estimate of drug-likeness (QED) is 0.718. The SMILES string of the molecule is CC.CCC(C)(C)C1CCC(OC2CCC(NC)CC2)CC1. The fourth-order valence-electron chi connectivity index (χ4n) is 4.03. The molecule has 0 aromatic carbocycles. The average Bonchev–Trinajstić information content (AvgIpc) is 2.58. The van der Waals surface area contributed by atoms with Gasteiger partial charge in [0.2, 0.25) is 0 Å². The van der Waals surface area contributed by atoms with Crippen molar-refractivity contribution in [2.45, 2.75) is 111 Å². The third-order valence-electron chi connectivity index (χ3n) is 6.16. The van der Waals surface area contributed by atoms with E-state index in [1.807, 2.05) is 13.8 Å². The molecule has 0 spiro atoms. The van der Waals surface area contributed by atoms with Gasteiger partial charge >= 0.3 is 0 Å². The lowest BCUT2D eigenvalue weighted by molar-refractivity contribution is -0.0611. The summed E-state index contributed by atoms with van der Waals surface area (Å²) in [5, 5.41) is 3.40. The van der Waals surface area contributed by atoms with Crippen LogP contribution in [0.25, 0.3) is 0 Å². The molecule has 0 bridgehead atoms. The second-order valence-corrected chi connectivity index (χ2v) is 7.71. The lowest BCUT2D eigenvalue weighted by atomic mass is 9.69. The molecule has 0 aliphatic heterocycles. The predicted molar refractivity (Wildman–Crippen MR) is 97.4 cm³/mol. The summed E-state index contributed by atoms with van der Waals surface area (Å²) in [5.74, 6) is 0.910. The fraction of sp³-hybridized carbons (Fsp3) is 1.00. The first-order valence-corrected chi connectivity index (χ1v) is 9.88. The third kappa shape index (κ3) is 5.85. The molecule has 2 nitrogen and oxygen atoms in total. The summed E-state index contributed by atoms with van der Waals surface area (Å²) in [7, 11) is 2.09. The largest absolute Gasteiger partial charge is 0.375 e. The van der Waals surface area contributed by atoms with Crippen LogP contribution >= 0.6 is 0 Å². The van der Waals surface area contributed by atoms with Gasteiger partial charge in [-0.2, -0.15) is 0 Å². The molecule has 0 radical (unpaired) electrons. The van der Waals surface area contributed by atoms with Crippen LogP contribution in [0.3, 0.4) is 0 Å². The van der Waals surface area contributed by atoms with Gasteiger partial charge in [0.15, 0.2) is 0 Å². The van der Waals surface area contributed by atoms with Crippen LogP contribution in [0.5, 0.6) is 0 Å². The Hall–Kier alpha value is -0.0800. The van der Waals surface area contributed by atoms with E-state index in [2.05, 4.69) is 33.1 Å².